The average molecular weight is 288 g/mol. The van der Waals surface area contributed by atoms with Crippen molar-refractivity contribution in [3.05, 3.63) is 38.5 Å². The van der Waals surface area contributed by atoms with Gasteiger partial charge in [-0.15, -0.1) is 11.3 Å². The van der Waals surface area contributed by atoms with Gasteiger partial charge in [-0.3, -0.25) is 0 Å². The highest BCUT2D eigenvalue weighted by atomic mass is 35.5. The van der Waals surface area contributed by atoms with E-state index in [4.69, 9.17) is 28.9 Å². The first-order valence-electron chi connectivity index (χ1n) is 4.99. The molecule has 1 unspecified atom stereocenters. The molecule has 0 saturated heterocycles. The Morgan fingerprint density at radius 3 is 2.82 bits per heavy atom. The van der Waals surface area contributed by atoms with Crippen molar-refractivity contribution in [2.45, 2.75) is 13.0 Å². The van der Waals surface area contributed by atoms with E-state index in [1.807, 2.05) is 18.4 Å². The first-order valence-corrected chi connectivity index (χ1v) is 6.63. The molecular formula is C11H11Cl2N3S. The van der Waals surface area contributed by atoms with Gasteiger partial charge in [0.25, 0.3) is 0 Å². The summed E-state index contributed by atoms with van der Waals surface area (Å²) in [4.78, 5) is 5.33. The van der Waals surface area contributed by atoms with Crippen LogP contribution in [0.15, 0.2) is 23.6 Å². The third-order valence-corrected chi connectivity index (χ3v) is 3.93. The second-order valence-corrected chi connectivity index (χ2v) is 5.36. The maximum absolute atomic E-state index is 6.05. The minimum Gasteiger partial charge on any atom is -0.382 e. The maximum Gasteiger partial charge on any atom is 0.147 e. The van der Waals surface area contributed by atoms with Crippen molar-refractivity contribution in [1.82, 2.24) is 4.98 Å². The van der Waals surface area contributed by atoms with E-state index in [2.05, 4.69) is 16.4 Å². The van der Waals surface area contributed by atoms with Gasteiger partial charge < -0.3 is 11.1 Å². The van der Waals surface area contributed by atoms with Gasteiger partial charge in [-0.2, -0.15) is 0 Å². The van der Waals surface area contributed by atoms with Crippen LogP contribution in [-0.2, 0) is 0 Å². The van der Waals surface area contributed by atoms with Crippen LogP contribution in [0, 0.1) is 0 Å². The fourth-order valence-corrected chi connectivity index (χ4v) is 2.54. The van der Waals surface area contributed by atoms with E-state index in [1.54, 1.807) is 17.4 Å². The predicted molar refractivity (Wildman–Crippen MR) is 75.0 cm³/mol. The Balaban J connectivity index is 2.22. The molecule has 0 spiro atoms. The Hall–Kier alpha value is -0.970. The van der Waals surface area contributed by atoms with Crippen molar-refractivity contribution < 1.29 is 0 Å². The number of aromatic nitrogens is 1. The van der Waals surface area contributed by atoms with Crippen LogP contribution in [0.5, 0.6) is 0 Å². The van der Waals surface area contributed by atoms with Crippen LogP contribution >= 0.6 is 34.5 Å². The maximum atomic E-state index is 6.05. The number of anilines is 2. The van der Waals surface area contributed by atoms with Crippen LogP contribution in [0.2, 0.25) is 10.0 Å². The lowest BCUT2D eigenvalue weighted by molar-refractivity contribution is 0.897. The summed E-state index contributed by atoms with van der Waals surface area (Å²) in [6, 6.07) is 5.77. The normalized spacial score (nSPS) is 12.4. The summed E-state index contributed by atoms with van der Waals surface area (Å²) in [6.07, 6.45) is 0. The molecule has 0 aromatic carbocycles. The zero-order valence-electron chi connectivity index (χ0n) is 9.08. The molecule has 2 aromatic rings. The van der Waals surface area contributed by atoms with Crippen molar-refractivity contribution in [1.29, 1.82) is 0 Å². The van der Waals surface area contributed by atoms with Gasteiger partial charge in [-0.1, -0.05) is 29.3 Å². The Morgan fingerprint density at radius 1 is 1.41 bits per heavy atom. The van der Waals surface area contributed by atoms with Gasteiger partial charge in [0.05, 0.1) is 16.1 Å². The van der Waals surface area contributed by atoms with E-state index in [0.717, 1.165) is 0 Å². The van der Waals surface area contributed by atoms with Crippen LogP contribution in [0.3, 0.4) is 0 Å². The molecule has 3 N–H and O–H groups in total. The first-order chi connectivity index (χ1) is 8.08. The Kier molecular flexibility index (Phi) is 3.76. The molecular weight excluding hydrogens is 277 g/mol. The Morgan fingerprint density at radius 2 is 2.18 bits per heavy atom. The molecule has 0 saturated carbocycles. The summed E-state index contributed by atoms with van der Waals surface area (Å²) in [7, 11) is 0. The smallest absolute Gasteiger partial charge is 0.147 e. The zero-order valence-corrected chi connectivity index (χ0v) is 11.4. The SMILES string of the molecule is CC(Nc1nc(N)c(Cl)cc1Cl)c1cccs1. The molecule has 90 valence electrons. The molecule has 6 heteroatoms. The number of nitrogens with one attached hydrogen (secondary N) is 1. The zero-order chi connectivity index (χ0) is 12.4. The van der Waals surface area contributed by atoms with Crippen molar-refractivity contribution >= 4 is 46.2 Å². The largest absolute Gasteiger partial charge is 0.382 e. The second kappa shape index (κ2) is 5.12. The summed E-state index contributed by atoms with van der Waals surface area (Å²) in [5.41, 5.74) is 5.64. The van der Waals surface area contributed by atoms with Crippen molar-refractivity contribution in [3.63, 3.8) is 0 Å². The quantitative estimate of drug-likeness (QED) is 0.889. The van der Waals surface area contributed by atoms with E-state index >= 15 is 0 Å². The number of nitrogens with two attached hydrogens (primary N) is 1. The highest BCUT2D eigenvalue weighted by Crippen LogP contribution is 2.30. The van der Waals surface area contributed by atoms with Crippen molar-refractivity contribution in [3.8, 4) is 0 Å². The van der Waals surface area contributed by atoms with Gasteiger partial charge in [-0.25, -0.2) is 4.98 Å². The molecule has 0 radical (unpaired) electrons. The lowest BCUT2D eigenvalue weighted by Gasteiger charge is -2.14. The van der Waals surface area contributed by atoms with Gasteiger partial charge in [0, 0.05) is 4.88 Å². The third-order valence-electron chi connectivity index (χ3n) is 2.28. The second-order valence-electron chi connectivity index (χ2n) is 3.57. The van der Waals surface area contributed by atoms with Gasteiger partial charge in [0.2, 0.25) is 0 Å². The number of hydrogen-bond acceptors (Lipinski definition) is 4. The highest BCUT2D eigenvalue weighted by Gasteiger charge is 2.11. The average Bonchev–Trinajstić information content (AvgIpc) is 2.79. The fraction of sp³-hybridized carbons (Fsp3) is 0.182. The summed E-state index contributed by atoms with van der Waals surface area (Å²) in [5, 5.41) is 6.07. The van der Waals surface area contributed by atoms with Crippen molar-refractivity contribution in [2.75, 3.05) is 11.1 Å². The minimum absolute atomic E-state index is 0.126. The highest BCUT2D eigenvalue weighted by molar-refractivity contribution is 7.10. The van der Waals surface area contributed by atoms with Crippen LogP contribution in [0.4, 0.5) is 11.6 Å². The number of nitrogen functional groups attached to an aromatic ring is 1. The summed E-state index contributed by atoms with van der Waals surface area (Å²) in [6.45, 7) is 2.04. The van der Waals surface area contributed by atoms with Gasteiger partial charge >= 0.3 is 0 Å². The number of nitrogens with zero attached hydrogens (tertiary/aromatic N) is 1. The monoisotopic (exact) mass is 287 g/mol. The number of halogens is 2. The van der Waals surface area contributed by atoms with E-state index in [1.165, 1.54) is 4.88 Å². The summed E-state index contributed by atoms with van der Waals surface area (Å²) < 4.78 is 0. The van der Waals surface area contributed by atoms with E-state index < -0.39 is 0 Å². The Labute approximate surface area is 114 Å². The van der Waals surface area contributed by atoms with Crippen LogP contribution in [-0.4, -0.2) is 4.98 Å². The molecule has 0 aliphatic rings. The predicted octanol–water partition coefficient (Wildman–Crippen LogP) is 4.21. The van der Waals surface area contributed by atoms with Gasteiger partial charge in [-0.05, 0) is 24.4 Å². The van der Waals surface area contributed by atoms with Crippen LogP contribution in [0.1, 0.15) is 17.8 Å². The summed E-state index contributed by atoms with van der Waals surface area (Å²) >= 11 is 13.5. The molecule has 2 heterocycles. The molecule has 0 amide bonds. The molecule has 2 aromatic heterocycles. The molecule has 1 atom stereocenters. The molecule has 0 aliphatic carbocycles. The molecule has 3 nitrogen and oxygen atoms in total. The number of pyridine rings is 1. The van der Waals surface area contributed by atoms with Crippen molar-refractivity contribution in [2.24, 2.45) is 0 Å². The third kappa shape index (κ3) is 2.83. The Bertz CT molecular complexity index is 514. The standard InChI is InChI=1S/C11H11Cl2N3S/c1-6(9-3-2-4-17-9)15-11-8(13)5-7(12)10(14)16-11/h2-6H,1H3,(H3,14,15,16). The summed E-state index contributed by atoms with van der Waals surface area (Å²) in [5.74, 6) is 0.825. The lowest BCUT2D eigenvalue weighted by Crippen LogP contribution is -2.08. The molecule has 0 fully saturated rings. The molecule has 0 aliphatic heterocycles. The fourth-order valence-electron chi connectivity index (χ4n) is 1.40. The molecule has 2 rings (SSSR count). The lowest BCUT2D eigenvalue weighted by atomic mass is 10.2. The number of hydrogen-bond donors (Lipinski definition) is 2. The van der Waals surface area contributed by atoms with Gasteiger partial charge in [0.1, 0.15) is 11.6 Å². The minimum atomic E-state index is 0.126. The first kappa shape index (κ1) is 12.5. The molecule has 0 bridgehead atoms. The number of thiophene rings is 1. The van der Waals surface area contributed by atoms with E-state index in [0.29, 0.717) is 15.9 Å². The van der Waals surface area contributed by atoms with Crippen LogP contribution < -0.4 is 11.1 Å². The van der Waals surface area contributed by atoms with E-state index in [-0.39, 0.29) is 11.9 Å². The van der Waals surface area contributed by atoms with Crippen LogP contribution in [0.25, 0.3) is 0 Å². The topological polar surface area (TPSA) is 50.9 Å². The van der Waals surface area contributed by atoms with E-state index in [9.17, 15) is 0 Å². The molecule has 17 heavy (non-hydrogen) atoms. The number of rotatable bonds is 3. The van der Waals surface area contributed by atoms with Gasteiger partial charge in [0.15, 0.2) is 0 Å².